The van der Waals surface area contributed by atoms with E-state index in [1.165, 1.54) is 0 Å². The minimum Gasteiger partial charge on any atom is -0.481 e. The molecule has 1 aliphatic rings. The Labute approximate surface area is 175 Å². The van der Waals surface area contributed by atoms with E-state index < -0.39 is 23.4 Å². The predicted molar refractivity (Wildman–Crippen MR) is 112 cm³/mol. The molecular weight excluding hydrogens is 384 g/mol. The largest absolute Gasteiger partial charge is 0.481 e. The number of nitrogens with one attached hydrogen (secondary N) is 2. The van der Waals surface area contributed by atoms with Gasteiger partial charge in [0.25, 0.3) is 0 Å². The van der Waals surface area contributed by atoms with Gasteiger partial charge in [-0.15, -0.1) is 0 Å². The van der Waals surface area contributed by atoms with Crippen molar-refractivity contribution in [3.05, 3.63) is 59.7 Å². The van der Waals surface area contributed by atoms with Gasteiger partial charge in [-0.1, -0.05) is 55.5 Å². The van der Waals surface area contributed by atoms with Crippen molar-refractivity contribution in [1.29, 1.82) is 0 Å². The van der Waals surface area contributed by atoms with Crippen LogP contribution < -0.4 is 10.6 Å². The Morgan fingerprint density at radius 1 is 1.00 bits per heavy atom. The van der Waals surface area contributed by atoms with E-state index in [2.05, 4.69) is 22.8 Å². The molecule has 1 unspecified atom stereocenters. The molecule has 7 nitrogen and oxygen atoms in total. The zero-order valence-electron chi connectivity index (χ0n) is 17.1. The molecule has 0 saturated heterocycles. The number of alkyl carbamates (subject to hydrolysis) is 1. The zero-order valence-corrected chi connectivity index (χ0v) is 17.1. The molecule has 3 N–H and O–H groups in total. The van der Waals surface area contributed by atoms with Crippen LogP contribution >= 0.6 is 0 Å². The van der Waals surface area contributed by atoms with Crippen LogP contribution in [0.5, 0.6) is 0 Å². The SMILES string of the molecule is CCC(C)(CNC(=O)CNC(=O)OCC1c2ccccc2-c2ccccc21)C(=O)O. The maximum atomic E-state index is 12.1. The van der Waals surface area contributed by atoms with Gasteiger partial charge in [0.05, 0.1) is 12.0 Å². The Hall–Kier alpha value is -3.35. The van der Waals surface area contributed by atoms with E-state index in [4.69, 9.17) is 4.74 Å². The molecule has 0 bridgehead atoms. The lowest BCUT2D eigenvalue weighted by atomic mass is 9.88. The summed E-state index contributed by atoms with van der Waals surface area (Å²) in [7, 11) is 0. The Morgan fingerprint density at radius 3 is 2.10 bits per heavy atom. The summed E-state index contributed by atoms with van der Waals surface area (Å²) in [5, 5.41) is 14.2. The van der Waals surface area contributed by atoms with Crippen molar-refractivity contribution in [2.24, 2.45) is 5.41 Å². The lowest BCUT2D eigenvalue weighted by Gasteiger charge is -2.23. The van der Waals surface area contributed by atoms with E-state index in [9.17, 15) is 19.5 Å². The van der Waals surface area contributed by atoms with Gasteiger partial charge in [0.15, 0.2) is 0 Å². The molecule has 0 heterocycles. The molecule has 158 valence electrons. The number of carboxylic acids is 1. The standard InChI is InChI=1S/C23H26N2O5/c1-3-23(2,21(27)28)14-25-20(26)12-24-22(29)30-13-19-17-10-6-4-8-15(17)16-9-5-7-11-18(16)19/h4-11,19H,3,12-14H2,1-2H3,(H,24,29)(H,25,26)(H,27,28). The second-order valence-electron chi connectivity index (χ2n) is 7.68. The average molecular weight is 410 g/mol. The smallest absolute Gasteiger partial charge is 0.407 e. The first-order chi connectivity index (χ1) is 14.4. The van der Waals surface area contributed by atoms with Crippen LogP contribution in [-0.4, -0.2) is 42.8 Å². The lowest BCUT2D eigenvalue weighted by Crippen LogP contribution is -2.44. The molecule has 30 heavy (non-hydrogen) atoms. The third-order valence-corrected chi connectivity index (χ3v) is 5.71. The molecule has 0 aromatic heterocycles. The molecule has 2 amide bonds. The van der Waals surface area contributed by atoms with Crippen LogP contribution in [0, 0.1) is 5.41 Å². The molecule has 2 aromatic rings. The fraction of sp³-hybridized carbons (Fsp3) is 0.348. The zero-order chi connectivity index (χ0) is 21.7. The maximum Gasteiger partial charge on any atom is 0.407 e. The number of ether oxygens (including phenoxy) is 1. The topological polar surface area (TPSA) is 105 Å². The van der Waals surface area contributed by atoms with E-state index in [0.29, 0.717) is 6.42 Å². The predicted octanol–water partition coefficient (Wildman–Crippen LogP) is 3.14. The minimum absolute atomic E-state index is 0.00988. The second-order valence-corrected chi connectivity index (χ2v) is 7.68. The van der Waals surface area contributed by atoms with Crippen molar-refractivity contribution in [2.45, 2.75) is 26.2 Å². The van der Waals surface area contributed by atoms with Crippen LogP contribution in [-0.2, 0) is 14.3 Å². The quantitative estimate of drug-likeness (QED) is 0.620. The number of carboxylic acid groups (broad SMARTS) is 1. The number of carbonyl (C=O) groups excluding carboxylic acids is 2. The third kappa shape index (κ3) is 4.45. The first-order valence-corrected chi connectivity index (χ1v) is 9.94. The van der Waals surface area contributed by atoms with Gasteiger partial charge in [0.2, 0.25) is 5.91 Å². The van der Waals surface area contributed by atoms with Crippen molar-refractivity contribution in [1.82, 2.24) is 10.6 Å². The molecule has 0 saturated carbocycles. The molecule has 7 heteroatoms. The highest BCUT2D eigenvalue weighted by atomic mass is 16.5. The highest BCUT2D eigenvalue weighted by molar-refractivity contribution is 5.83. The Kier molecular flexibility index (Phi) is 6.40. The van der Waals surface area contributed by atoms with E-state index in [1.54, 1.807) is 13.8 Å². The molecule has 0 spiro atoms. The van der Waals surface area contributed by atoms with Crippen LogP contribution in [0.3, 0.4) is 0 Å². The molecule has 0 fully saturated rings. The van der Waals surface area contributed by atoms with Gasteiger partial charge in [-0.25, -0.2) is 4.79 Å². The summed E-state index contributed by atoms with van der Waals surface area (Å²) in [5.41, 5.74) is 3.45. The minimum atomic E-state index is -1.04. The summed E-state index contributed by atoms with van der Waals surface area (Å²) in [4.78, 5) is 35.3. The number of rotatable bonds is 8. The van der Waals surface area contributed by atoms with Crippen LogP contribution in [0.15, 0.2) is 48.5 Å². The summed E-state index contributed by atoms with van der Waals surface area (Å²) in [6, 6.07) is 16.1. The molecule has 0 radical (unpaired) electrons. The number of benzene rings is 2. The Balaban J connectivity index is 1.51. The number of aliphatic carboxylic acids is 1. The van der Waals surface area contributed by atoms with E-state index in [0.717, 1.165) is 22.3 Å². The van der Waals surface area contributed by atoms with Gasteiger partial charge < -0.3 is 20.5 Å². The number of hydrogen-bond acceptors (Lipinski definition) is 4. The van der Waals surface area contributed by atoms with Crippen molar-refractivity contribution in [3.8, 4) is 11.1 Å². The summed E-state index contributed by atoms with van der Waals surface area (Å²) in [5.74, 6) is -1.50. The van der Waals surface area contributed by atoms with Gasteiger partial charge in [-0.3, -0.25) is 9.59 Å². The molecule has 1 aliphatic carbocycles. The average Bonchev–Trinajstić information content (AvgIpc) is 3.08. The van der Waals surface area contributed by atoms with E-state index in [-0.39, 0.29) is 25.6 Å². The fourth-order valence-electron chi connectivity index (χ4n) is 3.51. The van der Waals surface area contributed by atoms with Crippen LogP contribution in [0.1, 0.15) is 37.3 Å². The Bertz CT molecular complexity index is 913. The summed E-state index contributed by atoms with van der Waals surface area (Å²) in [6.07, 6.45) is -0.314. The summed E-state index contributed by atoms with van der Waals surface area (Å²) >= 11 is 0. The van der Waals surface area contributed by atoms with Gasteiger partial charge in [-0.05, 0) is 35.6 Å². The lowest BCUT2D eigenvalue weighted by molar-refractivity contribution is -0.148. The van der Waals surface area contributed by atoms with Crippen molar-refractivity contribution >= 4 is 18.0 Å². The highest BCUT2D eigenvalue weighted by Crippen LogP contribution is 2.44. The first-order valence-electron chi connectivity index (χ1n) is 9.94. The van der Waals surface area contributed by atoms with Crippen molar-refractivity contribution < 1.29 is 24.2 Å². The summed E-state index contributed by atoms with van der Waals surface area (Å²) < 4.78 is 5.37. The van der Waals surface area contributed by atoms with Crippen LogP contribution in [0.4, 0.5) is 4.79 Å². The normalized spacial score (nSPS) is 14.2. The summed E-state index contributed by atoms with van der Waals surface area (Å²) in [6.45, 7) is 3.18. The van der Waals surface area contributed by atoms with Gasteiger partial charge in [0.1, 0.15) is 6.61 Å². The number of fused-ring (bicyclic) bond motifs is 3. The molecular formula is C23H26N2O5. The first kappa shape index (κ1) is 21.4. The van der Waals surface area contributed by atoms with Crippen LogP contribution in [0.2, 0.25) is 0 Å². The second kappa shape index (κ2) is 8.98. The number of amides is 2. The molecule has 2 aromatic carbocycles. The van der Waals surface area contributed by atoms with Crippen LogP contribution in [0.25, 0.3) is 11.1 Å². The van der Waals surface area contributed by atoms with Gasteiger partial charge >= 0.3 is 12.1 Å². The maximum absolute atomic E-state index is 12.1. The number of hydrogen-bond donors (Lipinski definition) is 3. The third-order valence-electron chi connectivity index (χ3n) is 5.71. The highest BCUT2D eigenvalue weighted by Gasteiger charge is 2.31. The van der Waals surface area contributed by atoms with E-state index >= 15 is 0 Å². The monoisotopic (exact) mass is 410 g/mol. The Morgan fingerprint density at radius 2 is 1.57 bits per heavy atom. The van der Waals surface area contributed by atoms with Crippen molar-refractivity contribution in [3.63, 3.8) is 0 Å². The number of carbonyl (C=O) groups is 3. The molecule has 1 atom stereocenters. The molecule has 0 aliphatic heterocycles. The molecule has 3 rings (SSSR count). The van der Waals surface area contributed by atoms with Crippen molar-refractivity contribution in [2.75, 3.05) is 19.7 Å². The fourth-order valence-corrected chi connectivity index (χ4v) is 3.51. The van der Waals surface area contributed by atoms with Gasteiger partial charge in [-0.2, -0.15) is 0 Å². The van der Waals surface area contributed by atoms with E-state index in [1.807, 2.05) is 36.4 Å². The van der Waals surface area contributed by atoms with Gasteiger partial charge in [0, 0.05) is 12.5 Å².